The molecule has 4 rings (SSSR count). The molecule has 0 aliphatic heterocycles. The fourth-order valence-corrected chi connectivity index (χ4v) is 4.50. The number of Topliss-reactive ketones (excluding diaryl/α,β-unsaturated/α-hetero) is 4. The highest BCUT2D eigenvalue weighted by atomic mass is 79.9. The van der Waals surface area contributed by atoms with Crippen LogP contribution in [0.25, 0.3) is 0 Å². The first-order valence-corrected chi connectivity index (χ1v) is 11.6. The molecule has 0 bridgehead atoms. The minimum Gasteiger partial charge on any atom is -1.00 e. The zero-order chi connectivity index (χ0) is 27.8. The Hall–Kier alpha value is -4.14. The lowest BCUT2D eigenvalue weighted by Gasteiger charge is -2.14. The van der Waals surface area contributed by atoms with Gasteiger partial charge in [0.2, 0.25) is 36.2 Å². The van der Waals surface area contributed by atoms with Gasteiger partial charge in [-0.2, -0.15) is 19.7 Å². The van der Waals surface area contributed by atoms with Gasteiger partial charge < -0.3 is 43.4 Å². The van der Waals surface area contributed by atoms with Crippen molar-refractivity contribution in [3.8, 4) is 12.1 Å². The normalized spacial score (nSPS) is 20.3. The van der Waals surface area contributed by atoms with E-state index in [9.17, 15) is 39.3 Å². The summed E-state index contributed by atoms with van der Waals surface area (Å²) in [6.07, 6.45) is 5.68. The second-order valence-electron chi connectivity index (χ2n) is 8.50. The summed E-state index contributed by atoms with van der Waals surface area (Å²) >= 11 is 0. The fraction of sp³-hybridized carbons (Fsp3) is 0.308. The topological polar surface area (TPSA) is 176 Å². The van der Waals surface area contributed by atoms with Gasteiger partial charge in [-0.3, -0.25) is 19.2 Å². The lowest BCUT2D eigenvalue weighted by atomic mass is 9.84. The second-order valence-corrected chi connectivity index (χ2v) is 8.50. The zero-order valence-corrected chi connectivity index (χ0v) is 24.3. The van der Waals surface area contributed by atoms with Crippen LogP contribution in [-0.2, 0) is 32.2 Å². The van der Waals surface area contributed by atoms with E-state index >= 15 is 0 Å². The third kappa shape index (κ3) is 4.43. The van der Waals surface area contributed by atoms with E-state index in [1.165, 1.54) is 50.8 Å². The molecule has 2 aliphatic carbocycles. The number of hydrogen-bond acceptors (Lipinski definition) is 10. The Morgan fingerprint density at radius 3 is 1.32 bits per heavy atom. The molecule has 206 valence electrons. The molecule has 2 aliphatic rings. The number of esters is 2. The maximum absolute atomic E-state index is 13.0. The van der Waals surface area contributed by atoms with E-state index < -0.39 is 45.9 Å². The molecule has 0 saturated carbocycles. The lowest BCUT2D eigenvalue weighted by molar-refractivity contribution is -0.778. The van der Waals surface area contributed by atoms with E-state index in [0.29, 0.717) is 0 Å². The fourth-order valence-electron chi connectivity index (χ4n) is 4.50. The molecule has 2 atom stereocenters. The molecule has 2 unspecified atom stereocenters. The van der Waals surface area contributed by atoms with Crippen molar-refractivity contribution in [1.29, 1.82) is 10.5 Å². The number of aromatic nitrogens is 2. The van der Waals surface area contributed by atoms with Crippen molar-refractivity contribution in [2.75, 3.05) is 13.2 Å². The van der Waals surface area contributed by atoms with E-state index in [4.69, 9.17) is 9.47 Å². The molecule has 0 radical (unpaired) electrons. The molecule has 0 fully saturated rings. The predicted molar refractivity (Wildman–Crippen MR) is 120 cm³/mol. The van der Waals surface area contributed by atoms with E-state index in [0.717, 1.165) is 0 Å². The van der Waals surface area contributed by atoms with E-state index in [1.54, 1.807) is 21.3 Å². The molecular formula is C26H20Br2N4O8. The number of ether oxygens (including phenoxy) is 2. The van der Waals surface area contributed by atoms with Gasteiger partial charge in [-0.15, -0.1) is 0 Å². The molecule has 0 saturated heterocycles. The van der Waals surface area contributed by atoms with Crippen LogP contribution in [-0.4, -0.2) is 48.3 Å². The maximum Gasteiger partial charge on any atom is 0.342 e. The first-order valence-electron chi connectivity index (χ1n) is 11.6. The minimum atomic E-state index is -2.58. The third-order valence-electron chi connectivity index (χ3n) is 6.49. The highest BCUT2D eigenvalue weighted by Gasteiger charge is 2.63. The summed E-state index contributed by atoms with van der Waals surface area (Å²) in [5.74, 6) is -6.25. The predicted octanol–water partition coefficient (Wildman–Crippen LogP) is -6.13. The number of carbonyl (C=O) groups is 6. The third-order valence-corrected chi connectivity index (χ3v) is 6.49. The number of halogens is 2. The molecule has 0 aromatic carbocycles. The standard InChI is InChI=1S/C26H20N4O8.2BrH/c1-3-37-23(35)25(13-27)19(31)15-5-7-29(11-17(15)21(25)33)9-10-30-8-6-16-18(12-30)22(34)26(14-28,20(16)32)24(36)38-4-2;;/h5-8,11-12H,3-4,9-10H2,1-2H3;2*1H/q+2;;/p-2. The van der Waals surface area contributed by atoms with Crippen molar-refractivity contribution in [2.24, 2.45) is 10.8 Å². The summed E-state index contributed by atoms with van der Waals surface area (Å²) in [7, 11) is 0. The molecule has 14 heteroatoms. The second kappa shape index (κ2) is 11.9. The van der Waals surface area contributed by atoms with Crippen LogP contribution in [0, 0.1) is 33.5 Å². The molecule has 2 aromatic rings. The summed E-state index contributed by atoms with van der Waals surface area (Å²) in [5.41, 5.74) is -5.49. The van der Waals surface area contributed by atoms with Gasteiger partial charge in [-0.25, -0.2) is 9.59 Å². The van der Waals surface area contributed by atoms with Gasteiger partial charge in [-0.05, 0) is 13.8 Å². The average Bonchev–Trinajstić information content (AvgIpc) is 3.27. The largest absolute Gasteiger partial charge is 1.00 e. The Morgan fingerprint density at radius 2 is 1.02 bits per heavy atom. The number of carbonyl (C=O) groups excluding carboxylic acids is 6. The van der Waals surface area contributed by atoms with Gasteiger partial charge in [0.15, 0.2) is 24.8 Å². The maximum atomic E-state index is 13.0. The van der Waals surface area contributed by atoms with Crippen LogP contribution >= 0.6 is 0 Å². The number of hydrogen-bond donors (Lipinski definition) is 0. The van der Waals surface area contributed by atoms with Crippen LogP contribution in [0.2, 0.25) is 0 Å². The monoisotopic (exact) mass is 674 g/mol. The molecular weight excluding hydrogens is 656 g/mol. The van der Waals surface area contributed by atoms with Crippen molar-refractivity contribution >= 4 is 35.1 Å². The van der Waals surface area contributed by atoms with Gasteiger partial charge in [0.25, 0.3) is 10.8 Å². The number of aryl methyl sites for hydroxylation is 2. The lowest BCUT2D eigenvalue weighted by Crippen LogP contribution is -3.00. The van der Waals surface area contributed by atoms with Gasteiger partial charge in [0.1, 0.15) is 0 Å². The molecule has 2 heterocycles. The molecule has 0 N–H and O–H groups in total. The van der Waals surface area contributed by atoms with Crippen LogP contribution in [0.1, 0.15) is 55.3 Å². The molecule has 2 aromatic heterocycles. The number of nitrogens with zero attached hydrogens (tertiary/aromatic N) is 4. The highest BCUT2D eigenvalue weighted by molar-refractivity contribution is 6.41. The number of pyridine rings is 2. The van der Waals surface area contributed by atoms with E-state index in [1.807, 2.05) is 0 Å². The summed E-state index contributed by atoms with van der Waals surface area (Å²) in [4.78, 5) is 76.4. The van der Waals surface area contributed by atoms with E-state index in [-0.39, 0.29) is 82.5 Å². The van der Waals surface area contributed by atoms with Crippen LogP contribution in [0.5, 0.6) is 0 Å². The van der Waals surface area contributed by atoms with Crippen LogP contribution in [0.4, 0.5) is 0 Å². The first kappa shape index (κ1) is 32.1. The number of nitriles is 2. The highest BCUT2D eigenvalue weighted by Crippen LogP contribution is 2.38. The minimum absolute atomic E-state index is 0. The van der Waals surface area contributed by atoms with Crippen molar-refractivity contribution in [3.63, 3.8) is 0 Å². The zero-order valence-electron chi connectivity index (χ0n) is 21.1. The van der Waals surface area contributed by atoms with E-state index in [2.05, 4.69) is 0 Å². The Bertz CT molecular complexity index is 1450. The van der Waals surface area contributed by atoms with Crippen LogP contribution in [0.15, 0.2) is 36.9 Å². The summed E-state index contributed by atoms with van der Waals surface area (Å²) < 4.78 is 12.7. The van der Waals surface area contributed by atoms with Crippen LogP contribution < -0.4 is 43.1 Å². The van der Waals surface area contributed by atoms with Gasteiger partial charge >= 0.3 is 11.9 Å². The molecule has 40 heavy (non-hydrogen) atoms. The van der Waals surface area contributed by atoms with Crippen molar-refractivity contribution in [3.05, 3.63) is 59.2 Å². The van der Waals surface area contributed by atoms with Gasteiger partial charge in [0, 0.05) is 23.3 Å². The Balaban J connectivity index is 0.00000280. The average molecular weight is 676 g/mol. The summed E-state index contributed by atoms with van der Waals surface area (Å²) in [5, 5.41) is 19.2. The molecule has 12 nitrogen and oxygen atoms in total. The smallest absolute Gasteiger partial charge is 0.342 e. The number of fused-ring (bicyclic) bond motifs is 2. The van der Waals surface area contributed by atoms with Gasteiger partial charge in [0.05, 0.1) is 36.5 Å². The Labute approximate surface area is 248 Å². The number of rotatable bonds is 7. The van der Waals surface area contributed by atoms with Crippen molar-refractivity contribution in [1.82, 2.24) is 0 Å². The van der Waals surface area contributed by atoms with Crippen molar-refractivity contribution < 1.29 is 81.3 Å². The quantitative estimate of drug-likeness (QED) is 0.156. The first-order chi connectivity index (χ1) is 18.1. The SMILES string of the molecule is CCOC(=O)C1(C#N)C(=O)c2cc[n+](CC[n+]3ccc4c(c3)C(=O)C(C#N)(C(=O)OCC)C4=O)cc2C1=O.[Br-].[Br-]. The van der Waals surface area contributed by atoms with Crippen molar-refractivity contribution in [2.45, 2.75) is 26.9 Å². The van der Waals surface area contributed by atoms with Crippen LogP contribution in [0.3, 0.4) is 0 Å². The molecule has 0 amide bonds. The number of ketones is 4. The van der Waals surface area contributed by atoms with Gasteiger partial charge in [-0.1, -0.05) is 0 Å². The summed E-state index contributed by atoms with van der Waals surface area (Å²) in [6.45, 7) is 3.18. The molecule has 0 spiro atoms. The Morgan fingerprint density at radius 1 is 0.700 bits per heavy atom. The summed E-state index contributed by atoms with van der Waals surface area (Å²) in [6, 6.07) is 5.76. The Kier molecular flexibility index (Phi) is 9.57.